The van der Waals surface area contributed by atoms with Crippen molar-refractivity contribution >= 4 is 5.84 Å². The molecular weight excluding hydrogens is 342 g/mol. The van der Waals surface area contributed by atoms with Gasteiger partial charge in [-0.3, -0.25) is 15.7 Å². The summed E-state index contributed by atoms with van der Waals surface area (Å²) < 4.78 is 11.3. The molecule has 1 aliphatic rings. The van der Waals surface area contributed by atoms with Gasteiger partial charge in [0.25, 0.3) is 0 Å². The molecule has 27 heavy (non-hydrogen) atoms. The van der Waals surface area contributed by atoms with E-state index in [0.29, 0.717) is 24.1 Å². The fraction of sp³-hybridized carbons (Fsp3) is 0.429. The number of ether oxygens (including phenoxy) is 2. The number of amidine groups is 1. The number of aromatic nitrogens is 1. The Morgan fingerprint density at radius 3 is 2.52 bits per heavy atom. The summed E-state index contributed by atoms with van der Waals surface area (Å²) in [5, 5.41) is 9.57. The van der Waals surface area contributed by atoms with E-state index in [-0.39, 0.29) is 6.04 Å². The van der Waals surface area contributed by atoms with Crippen molar-refractivity contribution in [2.45, 2.75) is 45.6 Å². The van der Waals surface area contributed by atoms with Gasteiger partial charge < -0.3 is 9.47 Å². The van der Waals surface area contributed by atoms with Gasteiger partial charge in [-0.15, -0.1) is 0 Å². The number of hydrogen-bond acceptors (Lipinski definition) is 5. The van der Waals surface area contributed by atoms with E-state index in [4.69, 9.17) is 14.5 Å². The van der Waals surface area contributed by atoms with E-state index in [0.717, 1.165) is 30.1 Å². The monoisotopic (exact) mass is 369 g/mol. The molecule has 0 unspecified atom stereocenters. The SMILES string of the molecule is CCOc1ccc(Oc2cc(C(=NC3CCC(C)CC3)NO)ccn2)cc1. The third-order valence-electron chi connectivity index (χ3n) is 4.77. The third kappa shape index (κ3) is 5.44. The molecule has 1 fully saturated rings. The van der Waals surface area contributed by atoms with Crippen LogP contribution in [0.3, 0.4) is 0 Å². The van der Waals surface area contributed by atoms with E-state index >= 15 is 0 Å². The van der Waals surface area contributed by atoms with E-state index in [9.17, 15) is 5.21 Å². The van der Waals surface area contributed by atoms with Crippen LogP contribution in [0.1, 0.15) is 45.1 Å². The highest BCUT2D eigenvalue weighted by atomic mass is 16.5. The van der Waals surface area contributed by atoms with E-state index < -0.39 is 0 Å². The average Bonchev–Trinajstić information content (AvgIpc) is 2.69. The molecule has 2 aromatic rings. The molecule has 0 bridgehead atoms. The Hall–Kier alpha value is -2.60. The standard InChI is InChI=1S/C21H27N3O3/c1-3-26-18-8-10-19(11-9-18)27-20-14-16(12-13-22-20)21(24-25)23-17-6-4-15(2)5-7-17/h8-15,17,25H,3-7H2,1-2H3,(H,23,24). The van der Waals surface area contributed by atoms with Crippen molar-refractivity contribution in [1.82, 2.24) is 10.5 Å². The summed E-state index contributed by atoms with van der Waals surface area (Å²) in [5.41, 5.74) is 2.98. The van der Waals surface area contributed by atoms with E-state index in [1.54, 1.807) is 18.3 Å². The van der Waals surface area contributed by atoms with Crippen LogP contribution >= 0.6 is 0 Å². The second-order valence-corrected chi connectivity index (χ2v) is 6.89. The summed E-state index contributed by atoms with van der Waals surface area (Å²) in [6.45, 7) is 4.85. The molecule has 1 saturated carbocycles. The molecule has 1 aromatic heterocycles. The van der Waals surface area contributed by atoms with Crippen molar-refractivity contribution in [3.05, 3.63) is 48.2 Å². The maximum absolute atomic E-state index is 9.57. The highest BCUT2D eigenvalue weighted by molar-refractivity contribution is 5.98. The summed E-state index contributed by atoms with van der Waals surface area (Å²) >= 11 is 0. The summed E-state index contributed by atoms with van der Waals surface area (Å²) in [5.74, 6) is 3.12. The van der Waals surface area contributed by atoms with Gasteiger partial charge in [-0.25, -0.2) is 4.98 Å². The first-order valence-electron chi connectivity index (χ1n) is 9.53. The lowest BCUT2D eigenvalue weighted by Crippen LogP contribution is -2.25. The van der Waals surface area contributed by atoms with Gasteiger partial charge >= 0.3 is 0 Å². The molecule has 1 heterocycles. The minimum atomic E-state index is 0.236. The number of hydrogen-bond donors (Lipinski definition) is 2. The number of nitrogens with zero attached hydrogens (tertiary/aromatic N) is 2. The van der Waals surface area contributed by atoms with Crippen LogP contribution in [0.5, 0.6) is 17.4 Å². The largest absolute Gasteiger partial charge is 0.494 e. The van der Waals surface area contributed by atoms with E-state index in [1.807, 2.05) is 31.2 Å². The van der Waals surface area contributed by atoms with Crippen LogP contribution in [-0.2, 0) is 0 Å². The predicted octanol–water partition coefficient (Wildman–Crippen LogP) is 4.58. The molecule has 6 heteroatoms. The summed E-state index contributed by atoms with van der Waals surface area (Å²) in [6, 6.07) is 11.2. The Kier molecular flexibility index (Phi) is 6.65. The van der Waals surface area contributed by atoms with Gasteiger partial charge in [0.2, 0.25) is 5.88 Å². The molecule has 0 saturated heterocycles. The second-order valence-electron chi connectivity index (χ2n) is 6.89. The zero-order chi connectivity index (χ0) is 19.1. The Morgan fingerprint density at radius 1 is 1.15 bits per heavy atom. The van der Waals surface area contributed by atoms with Crippen LogP contribution in [-0.4, -0.2) is 28.7 Å². The van der Waals surface area contributed by atoms with Crippen molar-refractivity contribution in [3.8, 4) is 17.4 Å². The first-order chi connectivity index (χ1) is 13.2. The molecule has 1 aliphatic carbocycles. The Labute approximate surface area is 160 Å². The van der Waals surface area contributed by atoms with Crippen LogP contribution in [0.2, 0.25) is 0 Å². The molecule has 0 spiro atoms. The van der Waals surface area contributed by atoms with Gasteiger partial charge in [0.15, 0.2) is 5.84 Å². The van der Waals surface area contributed by atoms with Crippen molar-refractivity contribution in [1.29, 1.82) is 0 Å². The van der Waals surface area contributed by atoms with Crippen LogP contribution < -0.4 is 15.0 Å². The summed E-state index contributed by atoms with van der Waals surface area (Å²) in [6.07, 6.45) is 6.10. The average molecular weight is 369 g/mol. The van der Waals surface area contributed by atoms with Gasteiger partial charge in [0.05, 0.1) is 12.6 Å². The van der Waals surface area contributed by atoms with Crippen molar-refractivity contribution in [3.63, 3.8) is 0 Å². The Balaban J connectivity index is 1.71. The number of nitrogens with one attached hydrogen (secondary N) is 1. The lowest BCUT2D eigenvalue weighted by atomic mass is 9.88. The van der Waals surface area contributed by atoms with Gasteiger partial charge in [-0.1, -0.05) is 6.92 Å². The van der Waals surface area contributed by atoms with Gasteiger partial charge in [0, 0.05) is 17.8 Å². The zero-order valence-corrected chi connectivity index (χ0v) is 15.9. The highest BCUT2D eigenvalue weighted by Crippen LogP contribution is 2.26. The smallest absolute Gasteiger partial charge is 0.219 e. The molecule has 1 aromatic carbocycles. The van der Waals surface area contributed by atoms with Crippen LogP contribution in [0.4, 0.5) is 0 Å². The number of pyridine rings is 1. The first-order valence-corrected chi connectivity index (χ1v) is 9.53. The van der Waals surface area contributed by atoms with Crippen LogP contribution in [0, 0.1) is 5.92 Å². The lowest BCUT2D eigenvalue weighted by Gasteiger charge is -2.24. The van der Waals surface area contributed by atoms with E-state index in [2.05, 4.69) is 17.4 Å². The van der Waals surface area contributed by atoms with Crippen LogP contribution in [0.25, 0.3) is 0 Å². The van der Waals surface area contributed by atoms with Gasteiger partial charge in [-0.2, -0.15) is 0 Å². The number of hydroxylamine groups is 1. The number of benzene rings is 1. The van der Waals surface area contributed by atoms with Gasteiger partial charge in [-0.05, 0) is 68.9 Å². The Morgan fingerprint density at radius 2 is 1.85 bits per heavy atom. The molecule has 0 amide bonds. The highest BCUT2D eigenvalue weighted by Gasteiger charge is 2.18. The lowest BCUT2D eigenvalue weighted by molar-refractivity contribution is 0.233. The first kappa shape index (κ1) is 19.2. The zero-order valence-electron chi connectivity index (χ0n) is 15.9. The predicted molar refractivity (Wildman–Crippen MR) is 105 cm³/mol. The fourth-order valence-corrected chi connectivity index (χ4v) is 3.23. The molecule has 2 N–H and O–H groups in total. The Bertz CT molecular complexity index is 754. The molecule has 3 rings (SSSR count). The molecule has 6 nitrogen and oxygen atoms in total. The quantitative estimate of drug-likeness (QED) is 0.443. The number of rotatable bonds is 6. The molecule has 0 aliphatic heterocycles. The minimum Gasteiger partial charge on any atom is -0.494 e. The fourth-order valence-electron chi connectivity index (χ4n) is 3.23. The molecule has 0 atom stereocenters. The molecular formula is C21H27N3O3. The topological polar surface area (TPSA) is 76.0 Å². The van der Waals surface area contributed by atoms with Crippen LogP contribution in [0.15, 0.2) is 47.6 Å². The van der Waals surface area contributed by atoms with Crippen molar-refractivity contribution in [2.24, 2.45) is 10.9 Å². The van der Waals surface area contributed by atoms with Gasteiger partial charge in [0.1, 0.15) is 11.5 Å². The molecule has 0 radical (unpaired) electrons. The summed E-state index contributed by atoms with van der Waals surface area (Å²) in [4.78, 5) is 8.94. The van der Waals surface area contributed by atoms with E-state index in [1.165, 1.54) is 12.8 Å². The van der Waals surface area contributed by atoms with Crippen molar-refractivity contribution in [2.75, 3.05) is 6.61 Å². The maximum atomic E-state index is 9.57. The minimum absolute atomic E-state index is 0.236. The number of aliphatic imine (C=N–C) groups is 1. The second kappa shape index (κ2) is 9.37. The van der Waals surface area contributed by atoms with Crippen molar-refractivity contribution < 1.29 is 14.7 Å². The maximum Gasteiger partial charge on any atom is 0.219 e. The summed E-state index contributed by atoms with van der Waals surface area (Å²) in [7, 11) is 0. The molecule has 144 valence electrons. The normalized spacial score (nSPS) is 20.2. The third-order valence-corrected chi connectivity index (χ3v) is 4.77.